The minimum atomic E-state index is 1.11. The van der Waals surface area contributed by atoms with Crippen LogP contribution in [0.4, 0.5) is 0 Å². The van der Waals surface area contributed by atoms with E-state index in [9.17, 15) is 0 Å². The molecule has 0 N–H and O–H groups in total. The van der Waals surface area contributed by atoms with Gasteiger partial charge in [-0.3, -0.25) is 0 Å². The van der Waals surface area contributed by atoms with E-state index in [-0.39, 0.29) is 0 Å². The van der Waals surface area contributed by atoms with Crippen molar-refractivity contribution in [3.8, 4) is 0 Å². The first-order valence-electron chi connectivity index (χ1n) is 9.64. The first kappa shape index (κ1) is 17.0. The molecule has 0 amide bonds. The Morgan fingerprint density at radius 2 is 1.08 bits per heavy atom. The van der Waals surface area contributed by atoms with Gasteiger partial charge >= 0.3 is 0 Å². The first-order valence-corrected chi connectivity index (χ1v) is 9.64. The Morgan fingerprint density at radius 1 is 0.625 bits per heavy atom. The van der Waals surface area contributed by atoms with Gasteiger partial charge in [0.05, 0.1) is 0 Å². The molecule has 0 heterocycles. The summed E-state index contributed by atoms with van der Waals surface area (Å²) in [6.07, 6.45) is 6.83. The van der Waals surface area contributed by atoms with Crippen LogP contribution in [0.1, 0.15) is 64.5 Å². The van der Waals surface area contributed by atoms with Crippen molar-refractivity contribution in [3.05, 3.63) is 69.8 Å². The smallest absolute Gasteiger partial charge is 0.00550 e. The second-order valence-corrected chi connectivity index (χ2v) is 6.86. The monoisotopic (exact) mass is 318 g/mol. The third-order valence-corrected chi connectivity index (χ3v) is 5.66. The summed E-state index contributed by atoms with van der Waals surface area (Å²) in [6.45, 7) is 9.32. The third kappa shape index (κ3) is 2.95. The SMILES string of the molecule is CC/C1=C(CC)/C(CC)=C(/CC)Cc2cccc3cccc(c23)C1. The van der Waals surface area contributed by atoms with Gasteiger partial charge in [0.15, 0.2) is 0 Å². The molecule has 0 saturated carbocycles. The summed E-state index contributed by atoms with van der Waals surface area (Å²) in [5, 5.41) is 2.90. The normalized spacial score (nSPS) is 21.5. The molecule has 0 bridgehead atoms. The number of rotatable bonds is 4. The molecule has 0 fully saturated rings. The van der Waals surface area contributed by atoms with Gasteiger partial charge in [0.2, 0.25) is 0 Å². The van der Waals surface area contributed by atoms with Gasteiger partial charge in [0.1, 0.15) is 0 Å². The highest BCUT2D eigenvalue weighted by Gasteiger charge is 2.18. The van der Waals surface area contributed by atoms with E-state index >= 15 is 0 Å². The van der Waals surface area contributed by atoms with Crippen molar-refractivity contribution in [1.82, 2.24) is 0 Å². The maximum absolute atomic E-state index is 2.34. The summed E-state index contributed by atoms with van der Waals surface area (Å²) < 4.78 is 0. The summed E-state index contributed by atoms with van der Waals surface area (Å²) in [4.78, 5) is 0. The molecule has 24 heavy (non-hydrogen) atoms. The third-order valence-electron chi connectivity index (χ3n) is 5.66. The number of allylic oxidation sites excluding steroid dienone is 4. The van der Waals surface area contributed by atoms with Crippen molar-refractivity contribution in [1.29, 1.82) is 0 Å². The average molecular weight is 319 g/mol. The van der Waals surface area contributed by atoms with Crippen LogP contribution in [-0.2, 0) is 12.8 Å². The van der Waals surface area contributed by atoms with E-state index in [0.717, 1.165) is 38.5 Å². The second-order valence-electron chi connectivity index (χ2n) is 6.86. The van der Waals surface area contributed by atoms with Gasteiger partial charge in [-0.2, -0.15) is 0 Å². The highest BCUT2D eigenvalue weighted by atomic mass is 14.2. The summed E-state index contributed by atoms with van der Waals surface area (Å²) in [5.41, 5.74) is 9.59. The molecular formula is C24H30. The van der Waals surface area contributed by atoms with Crippen LogP contribution in [0.5, 0.6) is 0 Å². The minimum absolute atomic E-state index is 1.11. The zero-order valence-corrected chi connectivity index (χ0v) is 15.7. The van der Waals surface area contributed by atoms with Crippen molar-refractivity contribution < 1.29 is 0 Å². The molecule has 126 valence electrons. The average Bonchev–Trinajstić information content (AvgIpc) is 2.67. The molecule has 0 unspecified atom stereocenters. The largest absolute Gasteiger partial charge is 0.0626 e. The van der Waals surface area contributed by atoms with E-state index in [0.29, 0.717) is 0 Å². The summed E-state index contributed by atoms with van der Waals surface area (Å²) in [5.74, 6) is 0. The van der Waals surface area contributed by atoms with Crippen molar-refractivity contribution in [2.24, 2.45) is 0 Å². The van der Waals surface area contributed by atoms with Crippen LogP contribution in [0.25, 0.3) is 10.8 Å². The molecular weight excluding hydrogens is 288 g/mol. The van der Waals surface area contributed by atoms with E-state index in [4.69, 9.17) is 0 Å². The Labute approximate surface area is 147 Å². The Hall–Kier alpha value is -1.82. The zero-order chi connectivity index (χ0) is 17.1. The van der Waals surface area contributed by atoms with Crippen molar-refractivity contribution >= 4 is 10.8 Å². The highest BCUT2D eigenvalue weighted by Crippen LogP contribution is 2.36. The highest BCUT2D eigenvalue weighted by molar-refractivity contribution is 5.89. The molecule has 0 nitrogen and oxygen atoms in total. The Bertz CT molecular complexity index is 737. The van der Waals surface area contributed by atoms with Gasteiger partial charge < -0.3 is 0 Å². The fourth-order valence-corrected chi connectivity index (χ4v) is 4.50. The predicted molar refractivity (Wildman–Crippen MR) is 107 cm³/mol. The molecule has 0 atom stereocenters. The summed E-state index contributed by atoms with van der Waals surface area (Å²) in [7, 11) is 0. The number of benzene rings is 2. The van der Waals surface area contributed by atoms with Crippen LogP contribution in [0.15, 0.2) is 58.7 Å². The van der Waals surface area contributed by atoms with E-state index in [1.807, 2.05) is 0 Å². The van der Waals surface area contributed by atoms with Gasteiger partial charge in [-0.25, -0.2) is 0 Å². The maximum atomic E-state index is 2.34. The Kier molecular flexibility index (Phi) is 5.23. The molecule has 0 heteroatoms. The van der Waals surface area contributed by atoms with Crippen LogP contribution in [0, 0.1) is 0 Å². The molecule has 3 rings (SSSR count). The van der Waals surface area contributed by atoms with Gasteiger partial charge in [-0.1, -0.05) is 75.2 Å². The fourth-order valence-electron chi connectivity index (χ4n) is 4.50. The Morgan fingerprint density at radius 3 is 1.46 bits per heavy atom. The van der Waals surface area contributed by atoms with E-state index in [2.05, 4.69) is 64.1 Å². The molecule has 2 aromatic carbocycles. The van der Waals surface area contributed by atoms with E-state index in [1.54, 1.807) is 22.3 Å². The van der Waals surface area contributed by atoms with Crippen LogP contribution < -0.4 is 0 Å². The molecule has 0 radical (unpaired) electrons. The van der Waals surface area contributed by atoms with Gasteiger partial charge in [0, 0.05) is 0 Å². The van der Waals surface area contributed by atoms with Gasteiger partial charge in [-0.05, 0) is 71.6 Å². The first-order chi connectivity index (χ1) is 11.7. The predicted octanol–water partition coefficient (Wildman–Crippen LogP) is 7.17. The van der Waals surface area contributed by atoms with Crippen molar-refractivity contribution in [2.75, 3.05) is 0 Å². The van der Waals surface area contributed by atoms with E-state index in [1.165, 1.54) is 21.9 Å². The number of hydrogen-bond donors (Lipinski definition) is 0. The summed E-state index contributed by atoms with van der Waals surface area (Å²) in [6, 6.07) is 13.7. The lowest BCUT2D eigenvalue weighted by Crippen LogP contribution is -2.01. The molecule has 0 saturated heterocycles. The molecule has 0 aliphatic heterocycles. The quantitative estimate of drug-likeness (QED) is 0.560. The zero-order valence-electron chi connectivity index (χ0n) is 15.7. The Balaban J connectivity index is 2.35. The maximum Gasteiger partial charge on any atom is -0.00550 e. The van der Waals surface area contributed by atoms with Gasteiger partial charge in [0.25, 0.3) is 0 Å². The molecule has 1 aliphatic rings. The van der Waals surface area contributed by atoms with Gasteiger partial charge in [-0.15, -0.1) is 0 Å². The molecule has 0 aromatic heterocycles. The standard InChI is InChI=1S/C24H30/c1-5-17-15-20-13-9-11-19-12-10-14-21(24(19)20)16-18(6-2)23(8-4)22(17)7-3/h9-14H,5-8,15-16H2,1-4H3/b22-17-,23-18-. The lowest BCUT2D eigenvalue weighted by molar-refractivity contribution is 0.883. The van der Waals surface area contributed by atoms with Crippen LogP contribution in [0.2, 0.25) is 0 Å². The minimum Gasteiger partial charge on any atom is -0.0626 e. The second kappa shape index (κ2) is 7.38. The molecule has 1 aliphatic carbocycles. The van der Waals surface area contributed by atoms with Crippen molar-refractivity contribution in [2.45, 2.75) is 66.2 Å². The van der Waals surface area contributed by atoms with Crippen LogP contribution >= 0.6 is 0 Å². The van der Waals surface area contributed by atoms with Crippen LogP contribution in [-0.4, -0.2) is 0 Å². The lowest BCUT2D eigenvalue weighted by Gasteiger charge is -2.19. The fraction of sp³-hybridized carbons (Fsp3) is 0.417. The van der Waals surface area contributed by atoms with E-state index < -0.39 is 0 Å². The number of hydrogen-bond acceptors (Lipinski definition) is 0. The van der Waals surface area contributed by atoms with Crippen molar-refractivity contribution in [3.63, 3.8) is 0 Å². The molecule has 0 spiro atoms. The molecule has 2 aromatic rings. The summed E-state index contributed by atoms with van der Waals surface area (Å²) >= 11 is 0. The topological polar surface area (TPSA) is 0 Å². The van der Waals surface area contributed by atoms with Crippen LogP contribution in [0.3, 0.4) is 0 Å². The lowest BCUT2D eigenvalue weighted by atomic mass is 9.87.